The van der Waals surface area contributed by atoms with Crippen LogP contribution in [-0.4, -0.2) is 64.4 Å². The van der Waals surface area contributed by atoms with Crippen LogP contribution in [0.5, 0.6) is 0 Å². The molecule has 2 saturated heterocycles. The van der Waals surface area contributed by atoms with Crippen LogP contribution in [0.2, 0.25) is 0 Å². The first-order valence-electron chi connectivity index (χ1n) is 8.91. The lowest BCUT2D eigenvalue weighted by atomic mass is 9.85. The fourth-order valence-electron chi connectivity index (χ4n) is 4.11. The van der Waals surface area contributed by atoms with Crippen LogP contribution in [0.4, 0.5) is 0 Å². The number of hydrogen-bond donors (Lipinski definition) is 0. The lowest BCUT2D eigenvalue weighted by Crippen LogP contribution is -2.50. The molecule has 1 spiro atoms. The summed E-state index contributed by atoms with van der Waals surface area (Å²) in [5, 5.41) is 4.23. The molecule has 0 aromatic carbocycles. The molecule has 7 heteroatoms. The van der Waals surface area contributed by atoms with Gasteiger partial charge < -0.3 is 14.4 Å². The van der Waals surface area contributed by atoms with Crippen molar-refractivity contribution in [3.8, 4) is 0 Å². The van der Waals surface area contributed by atoms with E-state index in [9.17, 15) is 4.79 Å². The Morgan fingerprint density at radius 3 is 3.32 bits per heavy atom. The highest BCUT2D eigenvalue weighted by molar-refractivity contribution is 5.99. The maximum atomic E-state index is 13.0. The Balaban J connectivity index is 1.49. The molecule has 2 aromatic heterocycles. The van der Waals surface area contributed by atoms with Gasteiger partial charge in [-0.3, -0.25) is 4.79 Å². The van der Waals surface area contributed by atoms with Gasteiger partial charge in [-0.15, -0.1) is 0 Å². The van der Waals surface area contributed by atoms with Crippen LogP contribution < -0.4 is 0 Å². The quantitative estimate of drug-likeness (QED) is 0.846. The predicted octanol–water partition coefficient (Wildman–Crippen LogP) is 1.78. The van der Waals surface area contributed by atoms with Gasteiger partial charge in [-0.25, -0.2) is 9.50 Å². The number of methoxy groups -OCH3 is 1. The molecule has 2 aliphatic rings. The van der Waals surface area contributed by atoms with E-state index in [4.69, 9.17) is 9.47 Å². The van der Waals surface area contributed by atoms with Crippen molar-refractivity contribution in [3.63, 3.8) is 0 Å². The number of ether oxygens (including phenoxy) is 2. The van der Waals surface area contributed by atoms with Gasteiger partial charge in [0, 0.05) is 39.2 Å². The average molecular weight is 344 g/mol. The lowest BCUT2D eigenvalue weighted by Gasteiger charge is -2.39. The molecule has 4 rings (SSSR count). The van der Waals surface area contributed by atoms with E-state index >= 15 is 0 Å². The fourth-order valence-corrected chi connectivity index (χ4v) is 4.11. The van der Waals surface area contributed by atoms with E-state index in [0.717, 1.165) is 45.4 Å². The number of likely N-dealkylation sites (tertiary alicyclic amines) is 1. The zero-order valence-corrected chi connectivity index (χ0v) is 14.6. The zero-order chi connectivity index (χ0) is 17.3. The second kappa shape index (κ2) is 6.72. The summed E-state index contributed by atoms with van der Waals surface area (Å²) in [5.74, 6) is 0.519. The van der Waals surface area contributed by atoms with Gasteiger partial charge in [0.1, 0.15) is 5.56 Å². The molecule has 2 aromatic rings. The Morgan fingerprint density at radius 1 is 1.52 bits per heavy atom. The number of aromatic nitrogens is 3. The van der Waals surface area contributed by atoms with E-state index in [-0.39, 0.29) is 11.5 Å². The van der Waals surface area contributed by atoms with Crippen LogP contribution in [0.1, 0.15) is 36.0 Å². The summed E-state index contributed by atoms with van der Waals surface area (Å²) < 4.78 is 13.0. The number of carbonyl (C=O) groups is 1. The Morgan fingerprint density at radius 2 is 2.44 bits per heavy atom. The normalized spacial score (nSPS) is 26.6. The molecule has 0 N–H and O–H groups in total. The van der Waals surface area contributed by atoms with Crippen LogP contribution in [0.15, 0.2) is 24.7 Å². The number of fused-ring (bicyclic) bond motifs is 1. The standard InChI is InChI=1S/C18H24N4O3/c1-24-9-4-14-10-18(25-12-14)5-2-7-21(13-18)17(23)15-11-20-22-8-3-6-19-16(15)22/h3,6,8,11,14H,2,4-5,7,9-10,12-13H2,1H3/t14-,18+/m1/s1. The van der Waals surface area contributed by atoms with Gasteiger partial charge in [0.25, 0.3) is 5.91 Å². The lowest BCUT2D eigenvalue weighted by molar-refractivity contribution is -0.0450. The summed E-state index contributed by atoms with van der Waals surface area (Å²) in [4.78, 5) is 19.2. The molecule has 0 bridgehead atoms. The molecular formula is C18H24N4O3. The summed E-state index contributed by atoms with van der Waals surface area (Å²) >= 11 is 0. The van der Waals surface area contributed by atoms with E-state index in [1.807, 2.05) is 4.90 Å². The maximum absolute atomic E-state index is 13.0. The summed E-state index contributed by atoms with van der Waals surface area (Å²) in [6.45, 7) is 2.95. The Kier molecular flexibility index (Phi) is 4.43. The Bertz CT molecular complexity index is 762. The van der Waals surface area contributed by atoms with Gasteiger partial charge in [-0.2, -0.15) is 5.10 Å². The van der Waals surface area contributed by atoms with E-state index in [0.29, 0.717) is 23.7 Å². The van der Waals surface area contributed by atoms with E-state index in [2.05, 4.69) is 10.1 Å². The van der Waals surface area contributed by atoms with Crippen molar-refractivity contribution in [1.29, 1.82) is 0 Å². The molecule has 2 aliphatic heterocycles. The minimum Gasteiger partial charge on any atom is -0.385 e. The third kappa shape index (κ3) is 3.14. The van der Waals surface area contributed by atoms with Crippen molar-refractivity contribution in [2.45, 2.75) is 31.3 Å². The van der Waals surface area contributed by atoms with Crippen molar-refractivity contribution in [2.24, 2.45) is 5.92 Å². The molecular weight excluding hydrogens is 320 g/mol. The van der Waals surface area contributed by atoms with E-state index in [1.165, 1.54) is 0 Å². The number of hydrogen-bond acceptors (Lipinski definition) is 5. The van der Waals surface area contributed by atoms with Crippen LogP contribution in [0.3, 0.4) is 0 Å². The molecule has 0 saturated carbocycles. The van der Waals surface area contributed by atoms with Gasteiger partial charge >= 0.3 is 0 Å². The van der Waals surface area contributed by atoms with Gasteiger partial charge in [-0.05, 0) is 37.7 Å². The molecule has 1 amide bonds. The van der Waals surface area contributed by atoms with Gasteiger partial charge in [-0.1, -0.05) is 0 Å². The first kappa shape index (κ1) is 16.5. The third-order valence-corrected chi connectivity index (χ3v) is 5.35. The summed E-state index contributed by atoms with van der Waals surface area (Å²) in [5.41, 5.74) is 0.979. The zero-order valence-electron chi connectivity index (χ0n) is 14.6. The third-order valence-electron chi connectivity index (χ3n) is 5.35. The van der Waals surface area contributed by atoms with E-state index < -0.39 is 0 Å². The second-order valence-corrected chi connectivity index (χ2v) is 7.12. The number of piperidine rings is 1. The molecule has 2 fully saturated rings. The highest BCUT2D eigenvalue weighted by Crippen LogP contribution is 2.39. The number of carbonyl (C=O) groups excluding carboxylic acids is 1. The summed E-state index contributed by atoms with van der Waals surface area (Å²) in [6.07, 6.45) is 9.12. The van der Waals surface area contributed by atoms with Crippen molar-refractivity contribution < 1.29 is 14.3 Å². The Labute approximate surface area is 146 Å². The predicted molar refractivity (Wildman–Crippen MR) is 91.4 cm³/mol. The molecule has 25 heavy (non-hydrogen) atoms. The molecule has 2 atom stereocenters. The minimum absolute atomic E-state index is 0.00304. The first-order valence-corrected chi connectivity index (χ1v) is 8.91. The van der Waals surface area contributed by atoms with Crippen molar-refractivity contribution in [3.05, 3.63) is 30.2 Å². The number of nitrogens with zero attached hydrogens (tertiary/aromatic N) is 4. The molecule has 0 aliphatic carbocycles. The SMILES string of the molecule is COCC[C@H]1CO[C@@]2(CCCN(C(=O)c3cnn4cccnc34)C2)C1. The number of amides is 1. The van der Waals surface area contributed by atoms with Gasteiger partial charge in [0.05, 0.1) is 18.4 Å². The van der Waals surface area contributed by atoms with Crippen LogP contribution in [0.25, 0.3) is 5.65 Å². The maximum Gasteiger partial charge on any atom is 0.259 e. The van der Waals surface area contributed by atoms with Crippen LogP contribution in [0, 0.1) is 5.92 Å². The van der Waals surface area contributed by atoms with Crippen molar-refractivity contribution >= 4 is 11.6 Å². The van der Waals surface area contributed by atoms with Gasteiger partial charge in [0.15, 0.2) is 5.65 Å². The first-order chi connectivity index (χ1) is 12.2. The number of rotatable bonds is 4. The molecule has 0 unspecified atom stereocenters. The Hall–Kier alpha value is -1.99. The molecule has 7 nitrogen and oxygen atoms in total. The van der Waals surface area contributed by atoms with E-state index in [1.54, 1.807) is 36.3 Å². The topological polar surface area (TPSA) is 69.0 Å². The minimum atomic E-state index is -0.192. The average Bonchev–Trinajstić information content (AvgIpc) is 3.24. The highest BCUT2D eigenvalue weighted by atomic mass is 16.5. The highest BCUT2D eigenvalue weighted by Gasteiger charge is 2.44. The molecule has 134 valence electrons. The summed E-state index contributed by atoms with van der Waals surface area (Å²) in [7, 11) is 1.73. The molecule has 4 heterocycles. The van der Waals surface area contributed by atoms with Crippen LogP contribution in [-0.2, 0) is 9.47 Å². The van der Waals surface area contributed by atoms with Crippen molar-refractivity contribution in [2.75, 3.05) is 33.4 Å². The van der Waals surface area contributed by atoms with Crippen molar-refractivity contribution in [1.82, 2.24) is 19.5 Å². The second-order valence-electron chi connectivity index (χ2n) is 7.12. The monoisotopic (exact) mass is 344 g/mol. The smallest absolute Gasteiger partial charge is 0.259 e. The van der Waals surface area contributed by atoms with Crippen LogP contribution >= 0.6 is 0 Å². The van der Waals surface area contributed by atoms with Gasteiger partial charge in [0.2, 0.25) is 0 Å². The summed E-state index contributed by atoms with van der Waals surface area (Å²) in [6, 6.07) is 1.80. The largest absolute Gasteiger partial charge is 0.385 e. The fraction of sp³-hybridized carbons (Fsp3) is 0.611. The molecule has 0 radical (unpaired) electrons.